The molecule has 2 aliphatic carbocycles. The number of hydrogen-bond donors (Lipinski definition) is 0. The van der Waals surface area contributed by atoms with Crippen molar-refractivity contribution in [1.82, 2.24) is 4.98 Å². The number of anilines is 1. The molecule has 28 heavy (non-hydrogen) atoms. The number of allylic oxidation sites excluding steroid dienone is 2. The molecule has 1 aliphatic heterocycles. The van der Waals surface area contributed by atoms with Crippen LogP contribution < -0.4 is 4.90 Å². The number of nitrogens with zero attached hydrogens (tertiary/aromatic N) is 2. The lowest BCUT2D eigenvalue weighted by Gasteiger charge is -2.18. The van der Waals surface area contributed by atoms with E-state index < -0.39 is 0 Å². The molecule has 1 aromatic carbocycles. The average molecular weight is 393 g/mol. The Labute approximate surface area is 169 Å². The minimum absolute atomic E-state index is 0.0306. The normalized spacial score (nSPS) is 28.4. The van der Waals surface area contributed by atoms with Gasteiger partial charge in [-0.05, 0) is 44.9 Å². The van der Waals surface area contributed by atoms with Gasteiger partial charge in [0.2, 0.25) is 11.8 Å². The van der Waals surface area contributed by atoms with E-state index in [9.17, 15) is 9.59 Å². The first-order valence-electron chi connectivity index (χ1n) is 10.1. The van der Waals surface area contributed by atoms with Crippen molar-refractivity contribution < 1.29 is 9.59 Å². The highest BCUT2D eigenvalue weighted by molar-refractivity contribution is 7.16. The quantitative estimate of drug-likeness (QED) is 0.554. The van der Waals surface area contributed by atoms with Crippen molar-refractivity contribution in [2.75, 3.05) is 4.90 Å². The number of hydrogen-bond acceptors (Lipinski definition) is 4. The largest absolute Gasteiger partial charge is 0.274 e. The number of rotatable bonds is 3. The average Bonchev–Trinajstić information content (AvgIpc) is 3.43. The molecule has 0 unspecified atom stereocenters. The van der Waals surface area contributed by atoms with E-state index >= 15 is 0 Å². The summed E-state index contributed by atoms with van der Waals surface area (Å²) < 4.78 is 0. The summed E-state index contributed by atoms with van der Waals surface area (Å²) in [5.74, 6) is 0.0887. The van der Waals surface area contributed by atoms with Crippen LogP contribution in [0.2, 0.25) is 0 Å². The fraction of sp³-hybridized carbons (Fsp3) is 0.435. The molecule has 3 aliphatic rings. The first-order valence-corrected chi connectivity index (χ1v) is 10.9. The molecule has 2 amide bonds. The van der Waals surface area contributed by atoms with Crippen LogP contribution in [-0.2, 0) is 16.0 Å². The van der Waals surface area contributed by atoms with Crippen molar-refractivity contribution in [3.63, 3.8) is 0 Å². The van der Waals surface area contributed by atoms with Gasteiger partial charge < -0.3 is 0 Å². The van der Waals surface area contributed by atoms with E-state index in [1.807, 2.05) is 30.3 Å². The highest BCUT2D eigenvalue weighted by Gasteiger charge is 2.64. The van der Waals surface area contributed by atoms with Crippen LogP contribution in [-0.4, -0.2) is 16.8 Å². The first-order chi connectivity index (χ1) is 13.5. The number of fused-ring (bicyclic) bond motifs is 5. The van der Waals surface area contributed by atoms with E-state index in [2.05, 4.69) is 20.8 Å². The van der Waals surface area contributed by atoms with Crippen LogP contribution >= 0.6 is 11.3 Å². The molecule has 3 fully saturated rings. The molecule has 0 radical (unpaired) electrons. The Morgan fingerprint density at radius 2 is 1.68 bits per heavy atom. The lowest BCUT2D eigenvalue weighted by atomic mass is 9.81. The zero-order chi connectivity index (χ0) is 19.6. The van der Waals surface area contributed by atoms with Gasteiger partial charge in [-0.1, -0.05) is 48.4 Å². The Morgan fingerprint density at radius 1 is 1.07 bits per heavy atom. The van der Waals surface area contributed by atoms with Gasteiger partial charge in [-0.3, -0.25) is 9.59 Å². The summed E-state index contributed by atoms with van der Waals surface area (Å²) in [7, 11) is 0. The standard InChI is InChI=1S/C23H24N2O2S/c1-4-16-20(13-8-6-5-7-9-13)24-23(28-16)25-21(26)18-14-10-11-15(17(14)12(2)3)19(18)22(25)27/h5-9,14-15,18-19H,4,10-11H2,1-3H3/t14-,15-,18-,19-/m0/s1. The molecule has 4 atom stereocenters. The van der Waals surface area contributed by atoms with Crippen LogP contribution in [0, 0.1) is 23.7 Å². The summed E-state index contributed by atoms with van der Waals surface area (Å²) in [5, 5.41) is 0.554. The van der Waals surface area contributed by atoms with Crippen molar-refractivity contribution in [3.8, 4) is 11.3 Å². The highest BCUT2D eigenvalue weighted by atomic mass is 32.1. The van der Waals surface area contributed by atoms with E-state index in [4.69, 9.17) is 4.98 Å². The molecule has 2 saturated carbocycles. The van der Waals surface area contributed by atoms with E-state index in [1.54, 1.807) is 0 Å². The topological polar surface area (TPSA) is 50.3 Å². The van der Waals surface area contributed by atoms with Gasteiger partial charge >= 0.3 is 0 Å². The van der Waals surface area contributed by atoms with Crippen LogP contribution in [0.15, 0.2) is 41.5 Å². The maximum absolute atomic E-state index is 13.4. The van der Waals surface area contributed by atoms with Gasteiger partial charge in [0, 0.05) is 10.4 Å². The van der Waals surface area contributed by atoms with Gasteiger partial charge in [0.25, 0.3) is 0 Å². The summed E-state index contributed by atoms with van der Waals surface area (Å²) in [6.45, 7) is 6.33. The summed E-state index contributed by atoms with van der Waals surface area (Å²) in [5.41, 5.74) is 4.61. The first kappa shape index (κ1) is 17.8. The third-order valence-corrected chi connectivity index (χ3v) is 7.86. The van der Waals surface area contributed by atoms with Crippen LogP contribution in [0.3, 0.4) is 0 Å². The Balaban J connectivity index is 1.55. The summed E-state index contributed by atoms with van der Waals surface area (Å²) in [6.07, 6.45) is 2.90. The third-order valence-electron chi connectivity index (χ3n) is 6.68. The van der Waals surface area contributed by atoms with E-state index in [-0.39, 0.29) is 35.5 Å². The molecule has 0 N–H and O–H groups in total. The summed E-state index contributed by atoms with van der Waals surface area (Å²) in [4.78, 5) is 34.0. The molecule has 2 bridgehead atoms. The molecule has 4 nitrogen and oxygen atoms in total. The van der Waals surface area contributed by atoms with Crippen LogP contribution in [0.1, 0.15) is 38.5 Å². The minimum Gasteiger partial charge on any atom is -0.274 e. The van der Waals surface area contributed by atoms with Crippen molar-refractivity contribution in [2.45, 2.75) is 40.0 Å². The third kappa shape index (κ3) is 2.32. The molecule has 144 valence electrons. The molecule has 5 rings (SSSR count). The van der Waals surface area contributed by atoms with Crippen LogP contribution in [0.4, 0.5) is 5.13 Å². The molecule has 2 heterocycles. The Morgan fingerprint density at radius 3 is 2.21 bits per heavy atom. The molecular weight excluding hydrogens is 368 g/mol. The lowest BCUT2D eigenvalue weighted by molar-refractivity contribution is -0.123. The van der Waals surface area contributed by atoms with Crippen LogP contribution in [0.5, 0.6) is 0 Å². The number of amides is 2. The van der Waals surface area contributed by atoms with Gasteiger partial charge in [-0.2, -0.15) is 0 Å². The SMILES string of the molecule is CCc1sc(N2C(=O)[C@@H]3[C@@H](C2=O)[C@H]2CC[C@H]3C2=C(C)C)nc1-c1ccccc1. The van der Waals surface area contributed by atoms with Crippen LogP contribution in [0.25, 0.3) is 11.3 Å². The second kappa shape index (κ2) is 6.38. The Bertz CT molecular complexity index is 971. The molecule has 2 aromatic rings. The minimum atomic E-state index is -0.176. The van der Waals surface area contributed by atoms with Gasteiger partial charge in [-0.25, -0.2) is 9.88 Å². The predicted octanol–water partition coefficient (Wildman–Crippen LogP) is 4.85. The van der Waals surface area contributed by atoms with E-state index in [0.29, 0.717) is 5.13 Å². The zero-order valence-corrected chi connectivity index (χ0v) is 17.3. The fourth-order valence-electron chi connectivity index (χ4n) is 5.68. The Kier molecular flexibility index (Phi) is 4.05. The number of carbonyl (C=O) groups is 2. The van der Waals surface area contributed by atoms with Gasteiger partial charge in [0.05, 0.1) is 17.5 Å². The van der Waals surface area contributed by atoms with Crippen molar-refractivity contribution in [2.24, 2.45) is 23.7 Å². The smallest absolute Gasteiger partial charge is 0.240 e. The Hall–Kier alpha value is -2.27. The summed E-state index contributed by atoms with van der Waals surface area (Å²) >= 11 is 1.49. The van der Waals surface area contributed by atoms with E-state index in [1.165, 1.54) is 27.4 Å². The van der Waals surface area contributed by atoms with Gasteiger partial charge in [-0.15, -0.1) is 11.3 Å². The second-order valence-corrected chi connectivity index (χ2v) is 9.36. The van der Waals surface area contributed by atoms with Crippen molar-refractivity contribution in [1.29, 1.82) is 0 Å². The number of thiazole rings is 1. The number of benzene rings is 1. The monoisotopic (exact) mass is 392 g/mol. The number of aryl methyl sites for hydroxylation is 1. The zero-order valence-electron chi connectivity index (χ0n) is 16.4. The highest BCUT2D eigenvalue weighted by Crippen LogP contribution is 2.60. The molecule has 1 saturated heterocycles. The molecule has 5 heteroatoms. The number of carbonyl (C=O) groups excluding carboxylic acids is 2. The molecular formula is C23H24N2O2S. The van der Waals surface area contributed by atoms with Crippen molar-refractivity contribution in [3.05, 3.63) is 46.4 Å². The van der Waals surface area contributed by atoms with Gasteiger partial charge in [0.15, 0.2) is 5.13 Å². The number of aromatic nitrogens is 1. The molecule has 1 aromatic heterocycles. The lowest BCUT2D eigenvalue weighted by Crippen LogP contribution is -2.33. The maximum Gasteiger partial charge on any atom is 0.240 e. The predicted molar refractivity (Wildman–Crippen MR) is 111 cm³/mol. The summed E-state index contributed by atoms with van der Waals surface area (Å²) in [6, 6.07) is 10.0. The van der Waals surface area contributed by atoms with Crippen molar-refractivity contribution >= 4 is 28.3 Å². The van der Waals surface area contributed by atoms with E-state index in [0.717, 1.165) is 35.4 Å². The van der Waals surface area contributed by atoms with Gasteiger partial charge in [0.1, 0.15) is 0 Å². The fourth-order valence-corrected chi connectivity index (χ4v) is 6.71. The maximum atomic E-state index is 13.4. The second-order valence-electron chi connectivity index (χ2n) is 8.30. The molecule has 0 spiro atoms. The number of imide groups is 1.